The van der Waals surface area contributed by atoms with Crippen LogP contribution >= 0.6 is 0 Å². The van der Waals surface area contributed by atoms with Crippen LogP contribution in [0.3, 0.4) is 0 Å². The first-order chi connectivity index (χ1) is 9.18. The van der Waals surface area contributed by atoms with Crippen LogP contribution in [0, 0.1) is 6.92 Å². The number of rotatable bonds is 6. The summed E-state index contributed by atoms with van der Waals surface area (Å²) in [4.78, 5) is 0.363. The second-order valence-corrected chi connectivity index (χ2v) is 7.71. The summed E-state index contributed by atoms with van der Waals surface area (Å²) in [5.74, 6) is 0. The van der Waals surface area contributed by atoms with Crippen LogP contribution in [0.25, 0.3) is 0 Å². The van der Waals surface area contributed by atoms with Crippen molar-refractivity contribution >= 4 is 10.0 Å². The molecule has 1 aromatic rings. The molecule has 20 heavy (non-hydrogen) atoms. The van der Waals surface area contributed by atoms with Crippen molar-refractivity contribution < 1.29 is 13.2 Å². The first-order valence-electron chi connectivity index (χ1n) is 6.78. The Hall–Kier alpha value is -0.910. The van der Waals surface area contributed by atoms with Crippen molar-refractivity contribution in [3.05, 3.63) is 29.3 Å². The third-order valence-corrected chi connectivity index (χ3v) is 4.76. The molecule has 0 atom stereocenters. The number of hydrogen-bond acceptors (Lipinski definition) is 3. The van der Waals surface area contributed by atoms with Crippen LogP contribution in [-0.4, -0.2) is 28.7 Å². The largest absolute Gasteiger partial charge is 0.385 e. The molecule has 0 saturated carbocycles. The molecule has 0 aromatic heterocycles. The van der Waals surface area contributed by atoms with Gasteiger partial charge in [-0.25, -0.2) is 13.1 Å². The summed E-state index contributed by atoms with van der Waals surface area (Å²) in [5.41, 5.74) is 1.70. The van der Waals surface area contributed by atoms with E-state index < -0.39 is 10.0 Å². The molecule has 0 aliphatic carbocycles. The molecule has 5 heteroatoms. The van der Waals surface area contributed by atoms with Gasteiger partial charge in [0.05, 0.1) is 4.90 Å². The normalized spacial score (nSPS) is 12.7. The lowest BCUT2D eigenvalue weighted by molar-refractivity contribution is 0.196. The highest BCUT2D eigenvalue weighted by Crippen LogP contribution is 2.26. The van der Waals surface area contributed by atoms with Crippen molar-refractivity contribution in [2.45, 2.75) is 44.4 Å². The molecule has 0 aliphatic rings. The van der Waals surface area contributed by atoms with E-state index in [-0.39, 0.29) is 5.41 Å². The smallest absolute Gasteiger partial charge is 0.240 e. The van der Waals surface area contributed by atoms with E-state index in [4.69, 9.17) is 4.74 Å². The molecule has 0 radical (unpaired) electrons. The summed E-state index contributed by atoms with van der Waals surface area (Å²) in [6.45, 7) is 8.95. The zero-order valence-electron chi connectivity index (χ0n) is 13.0. The van der Waals surface area contributed by atoms with Gasteiger partial charge in [-0.15, -0.1) is 0 Å². The van der Waals surface area contributed by atoms with Gasteiger partial charge < -0.3 is 4.74 Å². The standard InChI is InChI=1S/C15H25NO3S/c1-12-7-8-13(15(2,3)4)11-14(12)20(17,18)16-9-6-10-19-5/h7-8,11,16H,6,9-10H2,1-5H3. The minimum absolute atomic E-state index is 0.0754. The van der Waals surface area contributed by atoms with E-state index >= 15 is 0 Å². The Labute approximate surface area is 122 Å². The lowest BCUT2D eigenvalue weighted by Gasteiger charge is -2.21. The van der Waals surface area contributed by atoms with Crippen molar-refractivity contribution in [3.63, 3.8) is 0 Å². The molecule has 114 valence electrons. The Morgan fingerprint density at radius 2 is 1.90 bits per heavy atom. The summed E-state index contributed by atoms with van der Waals surface area (Å²) < 4.78 is 32.2. The molecule has 0 fully saturated rings. The highest BCUT2D eigenvalue weighted by Gasteiger charge is 2.20. The van der Waals surface area contributed by atoms with Gasteiger partial charge in [0, 0.05) is 20.3 Å². The van der Waals surface area contributed by atoms with Gasteiger partial charge in [0.2, 0.25) is 10.0 Å². The first-order valence-corrected chi connectivity index (χ1v) is 8.26. The highest BCUT2D eigenvalue weighted by atomic mass is 32.2. The molecule has 0 unspecified atom stereocenters. The summed E-state index contributed by atoms with van der Waals surface area (Å²) in [5, 5.41) is 0. The second kappa shape index (κ2) is 6.70. The van der Waals surface area contributed by atoms with Gasteiger partial charge in [-0.2, -0.15) is 0 Å². The minimum atomic E-state index is -3.46. The summed E-state index contributed by atoms with van der Waals surface area (Å²) >= 11 is 0. The van der Waals surface area contributed by atoms with E-state index in [1.807, 2.05) is 19.1 Å². The van der Waals surface area contributed by atoms with Crippen LogP contribution in [0.1, 0.15) is 38.3 Å². The number of benzene rings is 1. The molecule has 0 bridgehead atoms. The van der Waals surface area contributed by atoms with E-state index in [0.29, 0.717) is 24.5 Å². The number of aryl methyl sites for hydroxylation is 1. The van der Waals surface area contributed by atoms with Crippen LogP contribution in [0.2, 0.25) is 0 Å². The third kappa shape index (κ3) is 4.58. The molecular formula is C15H25NO3S. The summed E-state index contributed by atoms with van der Waals surface area (Å²) in [6.07, 6.45) is 0.660. The van der Waals surface area contributed by atoms with Crippen molar-refractivity contribution in [1.29, 1.82) is 0 Å². The van der Waals surface area contributed by atoms with Gasteiger partial charge >= 0.3 is 0 Å². The van der Waals surface area contributed by atoms with Crippen LogP contribution in [-0.2, 0) is 20.2 Å². The maximum absolute atomic E-state index is 12.3. The van der Waals surface area contributed by atoms with Crippen molar-refractivity contribution in [3.8, 4) is 0 Å². The Morgan fingerprint density at radius 3 is 2.45 bits per heavy atom. The van der Waals surface area contributed by atoms with Gasteiger partial charge in [-0.05, 0) is 36.0 Å². The monoisotopic (exact) mass is 299 g/mol. The molecule has 1 aromatic carbocycles. The molecule has 4 nitrogen and oxygen atoms in total. The molecule has 0 saturated heterocycles. The second-order valence-electron chi connectivity index (χ2n) is 5.97. The van der Waals surface area contributed by atoms with E-state index in [9.17, 15) is 8.42 Å². The third-order valence-electron chi connectivity index (χ3n) is 3.16. The van der Waals surface area contributed by atoms with E-state index in [2.05, 4.69) is 25.5 Å². The summed E-state index contributed by atoms with van der Waals surface area (Å²) in [6, 6.07) is 5.62. The summed E-state index contributed by atoms with van der Waals surface area (Å²) in [7, 11) is -1.86. The van der Waals surface area contributed by atoms with E-state index in [1.165, 1.54) is 0 Å². The molecule has 0 amide bonds. The maximum atomic E-state index is 12.3. The Morgan fingerprint density at radius 1 is 1.25 bits per heavy atom. The fraction of sp³-hybridized carbons (Fsp3) is 0.600. The number of methoxy groups -OCH3 is 1. The quantitative estimate of drug-likeness (QED) is 0.822. The highest BCUT2D eigenvalue weighted by molar-refractivity contribution is 7.89. The predicted octanol–water partition coefficient (Wildman–Crippen LogP) is 2.61. The van der Waals surface area contributed by atoms with Gasteiger partial charge in [0.1, 0.15) is 0 Å². The number of hydrogen-bond donors (Lipinski definition) is 1. The average molecular weight is 299 g/mol. The van der Waals surface area contributed by atoms with Crippen molar-refractivity contribution in [2.24, 2.45) is 0 Å². The Balaban J connectivity index is 2.99. The Kier molecular flexibility index (Phi) is 5.74. The van der Waals surface area contributed by atoms with Crippen molar-refractivity contribution in [2.75, 3.05) is 20.3 Å². The lowest BCUT2D eigenvalue weighted by atomic mass is 9.87. The number of ether oxygens (including phenoxy) is 1. The Bertz CT molecular complexity index is 545. The van der Waals surface area contributed by atoms with E-state index in [1.54, 1.807) is 13.2 Å². The number of sulfonamides is 1. The molecular weight excluding hydrogens is 274 g/mol. The zero-order chi connectivity index (χ0) is 15.4. The number of nitrogens with one attached hydrogen (secondary N) is 1. The van der Waals surface area contributed by atoms with Gasteiger partial charge in [0.15, 0.2) is 0 Å². The molecule has 0 heterocycles. The van der Waals surface area contributed by atoms with Gasteiger partial charge in [-0.3, -0.25) is 0 Å². The zero-order valence-corrected chi connectivity index (χ0v) is 13.8. The topological polar surface area (TPSA) is 55.4 Å². The maximum Gasteiger partial charge on any atom is 0.240 e. The average Bonchev–Trinajstić information content (AvgIpc) is 2.33. The van der Waals surface area contributed by atoms with Crippen LogP contribution in [0.15, 0.2) is 23.1 Å². The molecule has 0 spiro atoms. The van der Waals surface area contributed by atoms with Gasteiger partial charge in [-0.1, -0.05) is 32.9 Å². The first kappa shape index (κ1) is 17.1. The lowest BCUT2D eigenvalue weighted by Crippen LogP contribution is -2.26. The fourth-order valence-corrected chi connectivity index (χ4v) is 3.20. The van der Waals surface area contributed by atoms with Crippen molar-refractivity contribution in [1.82, 2.24) is 4.72 Å². The molecule has 1 N–H and O–H groups in total. The van der Waals surface area contributed by atoms with Gasteiger partial charge in [0.25, 0.3) is 0 Å². The fourth-order valence-electron chi connectivity index (χ4n) is 1.86. The predicted molar refractivity (Wildman–Crippen MR) is 81.6 cm³/mol. The van der Waals surface area contributed by atoms with Crippen LogP contribution in [0.5, 0.6) is 0 Å². The van der Waals surface area contributed by atoms with Crippen LogP contribution < -0.4 is 4.72 Å². The minimum Gasteiger partial charge on any atom is -0.385 e. The molecule has 0 aliphatic heterocycles. The van der Waals surface area contributed by atoms with Crippen LogP contribution in [0.4, 0.5) is 0 Å². The SMILES string of the molecule is COCCCNS(=O)(=O)c1cc(C(C)(C)C)ccc1C. The van der Waals surface area contributed by atoms with E-state index in [0.717, 1.165) is 11.1 Å². The molecule has 1 rings (SSSR count).